The molecule has 1 heterocycles. The fourth-order valence-corrected chi connectivity index (χ4v) is 2.48. The van der Waals surface area contributed by atoms with Crippen molar-refractivity contribution < 1.29 is 23.8 Å². The molecule has 0 aromatic heterocycles. The van der Waals surface area contributed by atoms with E-state index >= 15 is 0 Å². The van der Waals surface area contributed by atoms with E-state index in [9.17, 15) is 9.59 Å². The smallest absolute Gasteiger partial charge is 0.407 e. The highest BCUT2D eigenvalue weighted by atomic mass is 16.6. The van der Waals surface area contributed by atoms with Crippen molar-refractivity contribution in [2.75, 3.05) is 0 Å². The largest absolute Gasteiger partial charge is 0.445 e. The number of epoxide rings is 1. The van der Waals surface area contributed by atoms with E-state index in [0.29, 0.717) is 12.2 Å². The second kappa shape index (κ2) is 6.19. The van der Waals surface area contributed by atoms with E-state index in [1.165, 1.54) is 6.92 Å². The lowest BCUT2D eigenvalue weighted by molar-refractivity contribution is -0.137. The summed E-state index contributed by atoms with van der Waals surface area (Å²) in [7, 11) is 0. The monoisotopic (exact) mass is 303 g/mol. The molecule has 3 atom stereocenters. The van der Waals surface area contributed by atoms with Crippen molar-refractivity contribution >= 4 is 12.1 Å². The van der Waals surface area contributed by atoms with E-state index in [1.807, 2.05) is 30.3 Å². The molecule has 2 aliphatic rings. The van der Waals surface area contributed by atoms with Crippen molar-refractivity contribution in [2.45, 2.75) is 38.2 Å². The van der Waals surface area contributed by atoms with Gasteiger partial charge in [0.05, 0.1) is 6.04 Å². The number of carbonyl (C=O) groups excluding carboxylic acids is 2. The molecule has 6 heteroatoms. The van der Waals surface area contributed by atoms with Gasteiger partial charge in [-0.25, -0.2) is 4.79 Å². The number of amides is 1. The van der Waals surface area contributed by atoms with Gasteiger partial charge in [-0.3, -0.25) is 4.79 Å². The van der Waals surface area contributed by atoms with Crippen LogP contribution in [0.1, 0.15) is 18.9 Å². The van der Waals surface area contributed by atoms with Crippen LogP contribution in [0.4, 0.5) is 4.79 Å². The maximum Gasteiger partial charge on any atom is 0.407 e. The summed E-state index contributed by atoms with van der Waals surface area (Å²) in [5, 5.41) is 2.78. The Morgan fingerprint density at radius 2 is 2.09 bits per heavy atom. The predicted octanol–water partition coefficient (Wildman–Crippen LogP) is 1.90. The van der Waals surface area contributed by atoms with Gasteiger partial charge in [-0.15, -0.1) is 0 Å². The van der Waals surface area contributed by atoms with Crippen LogP contribution in [0.3, 0.4) is 0 Å². The number of hydrogen-bond acceptors (Lipinski definition) is 5. The number of rotatable bonds is 4. The van der Waals surface area contributed by atoms with Crippen LogP contribution in [-0.4, -0.2) is 30.3 Å². The molecular weight excluding hydrogens is 286 g/mol. The first kappa shape index (κ1) is 14.6. The van der Waals surface area contributed by atoms with Crippen LogP contribution in [0.2, 0.25) is 0 Å². The van der Waals surface area contributed by atoms with Crippen molar-refractivity contribution in [3.8, 4) is 0 Å². The average molecular weight is 303 g/mol. The van der Waals surface area contributed by atoms with Gasteiger partial charge in [-0.05, 0) is 18.1 Å². The fraction of sp³-hybridized carbons (Fsp3) is 0.375. The summed E-state index contributed by atoms with van der Waals surface area (Å²) >= 11 is 0. The minimum atomic E-state index is -0.479. The number of nitrogens with one attached hydrogen (secondary N) is 1. The first-order chi connectivity index (χ1) is 10.6. The Bertz CT molecular complexity index is 598. The Morgan fingerprint density at radius 1 is 1.32 bits per heavy atom. The molecule has 1 aliphatic heterocycles. The van der Waals surface area contributed by atoms with E-state index in [4.69, 9.17) is 14.2 Å². The highest BCUT2D eigenvalue weighted by Crippen LogP contribution is 2.38. The van der Waals surface area contributed by atoms with Crippen LogP contribution in [0.15, 0.2) is 42.2 Å². The molecule has 116 valence electrons. The third-order valence-electron chi connectivity index (χ3n) is 3.55. The van der Waals surface area contributed by atoms with Gasteiger partial charge in [0.2, 0.25) is 0 Å². The van der Waals surface area contributed by atoms with Gasteiger partial charge in [0.15, 0.2) is 0 Å². The normalized spacial score (nSPS) is 25.5. The van der Waals surface area contributed by atoms with Crippen LogP contribution in [-0.2, 0) is 25.6 Å². The lowest BCUT2D eigenvalue weighted by Crippen LogP contribution is -2.41. The summed E-state index contributed by atoms with van der Waals surface area (Å²) in [6.07, 6.45) is 1.45. The zero-order chi connectivity index (χ0) is 15.5. The van der Waals surface area contributed by atoms with Crippen molar-refractivity contribution in [3.05, 3.63) is 47.7 Å². The van der Waals surface area contributed by atoms with Crippen molar-refractivity contribution in [1.29, 1.82) is 0 Å². The summed E-state index contributed by atoms with van der Waals surface area (Å²) in [6, 6.07) is 9.31. The average Bonchev–Trinajstić information content (AvgIpc) is 3.29. The molecule has 0 unspecified atom stereocenters. The summed E-state index contributed by atoms with van der Waals surface area (Å²) < 4.78 is 15.7. The minimum absolute atomic E-state index is 0.149. The van der Waals surface area contributed by atoms with Crippen LogP contribution < -0.4 is 5.32 Å². The van der Waals surface area contributed by atoms with E-state index in [1.54, 1.807) is 6.08 Å². The Labute approximate surface area is 128 Å². The third-order valence-corrected chi connectivity index (χ3v) is 3.55. The predicted molar refractivity (Wildman–Crippen MR) is 76.7 cm³/mol. The summed E-state index contributed by atoms with van der Waals surface area (Å²) in [4.78, 5) is 22.8. The molecule has 0 saturated carbocycles. The SMILES string of the molecule is CC(=O)OC1=CC[C@@H](NC(=O)OCc2ccccc2)[C@@H]2O[C@H]12. The molecule has 1 aliphatic carbocycles. The molecule has 3 rings (SSSR count). The molecule has 1 N–H and O–H groups in total. The molecule has 1 saturated heterocycles. The molecular formula is C16H17NO5. The number of esters is 1. The molecule has 1 aromatic carbocycles. The first-order valence-corrected chi connectivity index (χ1v) is 7.14. The summed E-state index contributed by atoms with van der Waals surface area (Å²) in [5.41, 5.74) is 0.930. The highest BCUT2D eigenvalue weighted by Gasteiger charge is 2.51. The molecule has 0 radical (unpaired) electrons. The standard InChI is InChI=1S/C16H17NO5/c1-10(18)21-13-8-7-12(14-15(13)22-14)17-16(19)20-9-11-5-3-2-4-6-11/h2-6,8,12,14-15H,7,9H2,1H3,(H,17,19)/t12-,14+,15-/m1/s1. The van der Waals surface area contributed by atoms with Crippen LogP contribution in [0.25, 0.3) is 0 Å². The molecule has 0 bridgehead atoms. The van der Waals surface area contributed by atoms with Crippen LogP contribution in [0, 0.1) is 0 Å². The Morgan fingerprint density at radius 3 is 2.82 bits per heavy atom. The summed E-state index contributed by atoms with van der Waals surface area (Å²) in [6.45, 7) is 1.58. The molecule has 1 amide bonds. The Kier molecular flexibility index (Phi) is 4.11. The third kappa shape index (κ3) is 3.46. The number of carbonyl (C=O) groups is 2. The minimum Gasteiger partial charge on any atom is -0.445 e. The zero-order valence-corrected chi connectivity index (χ0v) is 12.2. The van der Waals surface area contributed by atoms with Gasteiger partial charge in [-0.1, -0.05) is 30.3 Å². The Hall–Kier alpha value is -2.34. The number of benzene rings is 1. The molecule has 1 fully saturated rings. The quantitative estimate of drug-likeness (QED) is 0.679. The van der Waals surface area contributed by atoms with Gasteiger partial charge >= 0.3 is 12.1 Å². The van der Waals surface area contributed by atoms with Gasteiger partial charge < -0.3 is 19.5 Å². The first-order valence-electron chi connectivity index (χ1n) is 7.14. The van der Waals surface area contributed by atoms with Gasteiger partial charge in [0.1, 0.15) is 24.6 Å². The fourth-order valence-electron chi connectivity index (χ4n) is 2.48. The lowest BCUT2D eigenvalue weighted by Gasteiger charge is -2.19. The Balaban J connectivity index is 1.47. The lowest BCUT2D eigenvalue weighted by atomic mass is 10.0. The summed E-state index contributed by atoms with van der Waals surface area (Å²) in [5.74, 6) is 0.169. The second-order valence-electron chi connectivity index (χ2n) is 5.27. The van der Waals surface area contributed by atoms with E-state index in [-0.39, 0.29) is 30.8 Å². The van der Waals surface area contributed by atoms with Crippen molar-refractivity contribution in [1.82, 2.24) is 5.32 Å². The molecule has 22 heavy (non-hydrogen) atoms. The number of hydrogen-bond donors (Lipinski definition) is 1. The van der Waals surface area contributed by atoms with Crippen molar-refractivity contribution in [3.63, 3.8) is 0 Å². The highest BCUT2D eigenvalue weighted by molar-refractivity contribution is 5.69. The number of fused-ring (bicyclic) bond motifs is 1. The van der Waals surface area contributed by atoms with Gasteiger partial charge in [0.25, 0.3) is 0 Å². The van der Waals surface area contributed by atoms with E-state index < -0.39 is 6.09 Å². The van der Waals surface area contributed by atoms with Crippen molar-refractivity contribution in [2.24, 2.45) is 0 Å². The van der Waals surface area contributed by atoms with Gasteiger partial charge in [-0.2, -0.15) is 0 Å². The topological polar surface area (TPSA) is 77.2 Å². The molecule has 6 nitrogen and oxygen atoms in total. The molecule has 1 aromatic rings. The van der Waals surface area contributed by atoms with Crippen LogP contribution >= 0.6 is 0 Å². The number of alkyl carbamates (subject to hydrolysis) is 1. The number of ether oxygens (including phenoxy) is 3. The van der Waals surface area contributed by atoms with Gasteiger partial charge in [0, 0.05) is 6.92 Å². The van der Waals surface area contributed by atoms with E-state index in [0.717, 1.165) is 5.56 Å². The van der Waals surface area contributed by atoms with E-state index in [2.05, 4.69) is 5.32 Å². The second-order valence-corrected chi connectivity index (χ2v) is 5.27. The maximum atomic E-state index is 11.8. The zero-order valence-electron chi connectivity index (χ0n) is 12.2. The maximum absolute atomic E-state index is 11.8. The molecule has 0 spiro atoms. The van der Waals surface area contributed by atoms with Crippen LogP contribution in [0.5, 0.6) is 0 Å².